The fraction of sp³-hybridized carbons (Fsp3) is 0.938. The van der Waals surface area contributed by atoms with E-state index < -0.39 is 5.54 Å². The Morgan fingerprint density at radius 1 is 1.21 bits per heavy atom. The predicted molar refractivity (Wildman–Crippen MR) is 76.7 cm³/mol. The number of nitriles is 1. The van der Waals surface area contributed by atoms with Gasteiger partial charge in [0.25, 0.3) is 0 Å². The zero-order valence-corrected chi connectivity index (χ0v) is 12.5. The first kappa shape index (κ1) is 14.8. The maximum atomic E-state index is 9.58. The summed E-state index contributed by atoms with van der Waals surface area (Å²) in [7, 11) is 0. The maximum absolute atomic E-state index is 9.58. The lowest BCUT2D eigenvalue weighted by Crippen LogP contribution is -2.51. The molecule has 2 rings (SSSR count). The summed E-state index contributed by atoms with van der Waals surface area (Å²) in [6, 6.07) is 2.51. The largest absolute Gasteiger partial charge is 0.375 e. The number of hydrogen-bond donors (Lipinski definition) is 1. The molecule has 3 nitrogen and oxygen atoms in total. The average molecular weight is 264 g/mol. The molecule has 3 heteroatoms. The van der Waals surface area contributed by atoms with Gasteiger partial charge in [-0.2, -0.15) is 5.26 Å². The third-order valence-corrected chi connectivity index (χ3v) is 4.85. The molecule has 0 heterocycles. The Morgan fingerprint density at radius 2 is 1.95 bits per heavy atom. The summed E-state index contributed by atoms with van der Waals surface area (Å²) < 4.78 is 6.21. The van der Waals surface area contributed by atoms with Gasteiger partial charge in [0.15, 0.2) is 0 Å². The second kappa shape index (κ2) is 6.72. The molecule has 2 aliphatic rings. The standard InChI is InChI=1S/C16H28N2O/c1-3-13-7-5-6-8-15(13)19-12-16(11-17,18-4-2)14-9-10-14/h13-15,18H,3-10,12H2,1-2H3. The minimum atomic E-state index is -0.426. The van der Waals surface area contributed by atoms with Crippen LogP contribution in [0.4, 0.5) is 0 Å². The van der Waals surface area contributed by atoms with Crippen LogP contribution in [-0.4, -0.2) is 24.8 Å². The van der Waals surface area contributed by atoms with Crippen molar-refractivity contribution in [1.29, 1.82) is 5.26 Å². The van der Waals surface area contributed by atoms with E-state index in [0.29, 0.717) is 24.5 Å². The van der Waals surface area contributed by atoms with Crippen LogP contribution >= 0.6 is 0 Å². The Morgan fingerprint density at radius 3 is 2.53 bits per heavy atom. The van der Waals surface area contributed by atoms with Gasteiger partial charge >= 0.3 is 0 Å². The Labute approximate surface area is 117 Å². The van der Waals surface area contributed by atoms with Crippen molar-refractivity contribution in [3.8, 4) is 6.07 Å². The molecular formula is C16H28N2O. The van der Waals surface area contributed by atoms with Crippen LogP contribution in [0.1, 0.15) is 58.8 Å². The SMILES string of the molecule is CCNC(C#N)(COC1CCCCC1CC)C1CC1. The quantitative estimate of drug-likeness (QED) is 0.767. The number of nitrogens with one attached hydrogen (secondary N) is 1. The zero-order valence-electron chi connectivity index (χ0n) is 12.5. The van der Waals surface area contributed by atoms with Crippen molar-refractivity contribution < 1.29 is 4.74 Å². The number of ether oxygens (including phenoxy) is 1. The van der Waals surface area contributed by atoms with Crippen LogP contribution in [0, 0.1) is 23.2 Å². The summed E-state index contributed by atoms with van der Waals surface area (Å²) in [5, 5.41) is 13.0. The van der Waals surface area contributed by atoms with Gasteiger partial charge in [-0.3, -0.25) is 5.32 Å². The minimum absolute atomic E-state index is 0.379. The third kappa shape index (κ3) is 3.49. The molecule has 0 aromatic heterocycles. The molecule has 0 saturated heterocycles. The molecule has 108 valence electrons. The molecule has 2 fully saturated rings. The van der Waals surface area contributed by atoms with E-state index in [9.17, 15) is 5.26 Å². The molecule has 0 spiro atoms. The van der Waals surface area contributed by atoms with E-state index in [1.807, 2.05) is 0 Å². The van der Waals surface area contributed by atoms with Crippen LogP contribution in [0.2, 0.25) is 0 Å². The first-order chi connectivity index (χ1) is 9.25. The summed E-state index contributed by atoms with van der Waals surface area (Å²) in [5.41, 5.74) is -0.426. The van der Waals surface area contributed by atoms with Crippen LogP contribution in [0.5, 0.6) is 0 Å². The fourth-order valence-electron chi connectivity index (χ4n) is 3.47. The molecular weight excluding hydrogens is 236 g/mol. The Hall–Kier alpha value is -0.590. The van der Waals surface area contributed by atoms with Gasteiger partial charge in [-0.1, -0.05) is 33.1 Å². The highest BCUT2D eigenvalue weighted by Gasteiger charge is 2.46. The first-order valence-corrected chi connectivity index (χ1v) is 8.03. The highest BCUT2D eigenvalue weighted by Crippen LogP contribution is 2.40. The fourth-order valence-corrected chi connectivity index (χ4v) is 3.47. The Balaban J connectivity index is 1.92. The van der Waals surface area contributed by atoms with Crippen LogP contribution in [-0.2, 0) is 4.74 Å². The highest BCUT2D eigenvalue weighted by atomic mass is 16.5. The first-order valence-electron chi connectivity index (χ1n) is 8.03. The van der Waals surface area contributed by atoms with Crippen LogP contribution < -0.4 is 5.32 Å². The van der Waals surface area contributed by atoms with Gasteiger partial charge in [0.05, 0.1) is 18.8 Å². The molecule has 3 atom stereocenters. The van der Waals surface area contributed by atoms with Gasteiger partial charge in [0.2, 0.25) is 0 Å². The maximum Gasteiger partial charge on any atom is 0.133 e. The van der Waals surface area contributed by atoms with Crippen molar-refractivity contribution in [1.82, 2.24) is 5.32 Å². The van der Waals surface area contributed by atoms with E-state index in [2.05, 4.69) is 25.2 Å². The zero-order chi connectivity index (χ0) is 13.7. The van der Waals surface area contributed by atoms with Crippen molar-refractivity contribution >= 4 is 0 Å². The molecule has 0 radical (unpaired) electrons. The molecule has 1 N–H and O–H groups in total. The molecule has 2 saturated carbocycles. The summed E-state index contributed by atoms with van der Waals surface area (Å²) in [6.07, 6.45) is 9.03. The summed E-state index contributed by atoms with van der Waals surface area (Å²) in [4.78, 5) is 0. The monoisotopic (exact) mass is 264 g/mol. The van der Waals surface area contributed by atoms with Crippen molar-refractivity contribution in [2.24, 2.45) is 11.8 Å². The molecule has 0 bridgehead atoms. The number of likely N-dealkylation sites (N-methyl/N-ethyl adjacent to an activating group) is 1. The van der Waals surface area contributed by atoms with Crippen molar-refractivity contribution in [2.45, 2.75) is 70.4 Å². The summed E-state index contributed by atoms with van der Waals surface area (Å²) in [6.45, 7) is 5.75. The van der Waals surface area contributed by atoms with Crippen LogP contribution in [0.25, 0.3) is 0 Å². The van der Waals surface area contributed by atoms with E-state index in [0.717, 1.165) is 6.54 Å². The minimum Gasteiger partial charge on any atom is -0.375 e. The average Bonchev–Trinajstić information content (AvgIpc) is 3.29. The van der Waals surface area contributed by atoms with Crippen molar-refractivity contribution in [3.05, 3.63) is 0 Å². The van der Waals surface area contributed by atoms with Gasteiger partial charge in [-0.15, -0.1) is 0 Å². The molecule has 0 aromatic carbocycles. The van der Waals surface area contributed by atoms with Gasteiger partial charge in [-0.25, -0.2) is 0 Å². The summed E-state index contributed by atoms with van der Waals surface area (Å²) >= 11 is 0. The van der Waals surface area contributed by atoms with Crippen molar-refractivity contribution in [2.75, 3.05) is 13.2 Å². The number of hydrogen-bond acceptors (Lipinski definition) is 3. The molecule has 2 aliphatic carbocycles. The van der Waals surface area contributed by atoms with Crippen LogP contribution in [0.15, 0.2) is 0 Å². The molecule has 0 aliphatic heterocycles. The molecule has 0 amide bonds. The lowest BCUT2D eigenvalue weighted by atomic mass is 9.84. The molecule has 0 aromatic rings. The Kier molecular flexibility index (Phi) is 5.24. The second-order valence-corrected chi connectivity index (χ2v) is 6.19. The van der Waals surface area contributed by atoms with Crippen LogP contribution in [0.3, 0.4) is 0 Å². The van der Waals surface area contributed by atoms with Gasteiger partial charge in [0.1, 0.15) is 5.54 Å². The lowest BCUT2D eigenvalue weighted by Gasteiger charge is -2.35. The second-order valence-electron chi connectivity index (χ2n) is 6.19. The summed E-state index contributed by atoms with van der Waals surface area (Å²) in [5.74, 6) is 1.20. The molecule has 19 heavy (non-hydrogen) atoms. The van der Waals surface area contributed by atoms with Crippen molar-refractivity contribution in [3.63, 3.8) is 0 Å². The molecule has 3 unspecified atom stereocenters. The number of rotatable bonds is 7. The van der Waals surface area contributed by atoms with Gasteiger partial charge in [-0.05, 0) is 44.1 Å². The van der Waals surface area contributed by atoms with E-state index in [1.165, 1.54) is 44.9 Å². The van der Waals surface area contributed by atoms with E-state index in [-0.39, 0.29) is 0 Å². The Bertz CT molecular complexity index is 321. The highest BCUT2D eigenvalue weighted by molar-refractivity contribution is 5.15. The van der Waals surface area contributed by atoms with E-state index in [4.69, 9.17) is 4.74 Å². The number of nitrogens with zero attached hydrogens (tertiary/aromatic N) is 1. The lowest BCUT2D eigenvalue weighted by molar-refractivity contribution is -0.0344. The van der Waals surface area contributed by atoms with E-state index in [1.54, 1.807) is 0 Å². The van der Waals surface area contributed by atoms with E-state index >= 15 is 0 Å². The topological polar surface area (TPSA) is 45.0 Å². The smallest absolute Gasteiger partial charge is 0.133 e. The normalized spacial score (nSPS) is 30.6. The van der Waals surface area contributed by atoms with Gasteiger partial charge < -0.3 is 4.74 Å². The van der Waals surface area contributed by atoms with Gasteiger partial charge in [0, 0.05) is 0 Å². The third-order valence-electron chi connectivity index (χ3n) is 4.85. The predicted octanol–water partition coefficient (Wildman–Crippen LogP) is 3.25.